The lowest BCUT2D eigenvalue weighted by Gasteiger charge is -2.22. The number of fused-ring (bicyclic) bond motifs is 2. The summed E-state index contributed by atoms with van der Waals surface area (Å²) in [6.45, 7) is 2.99. The Morgan fingerprint density at radius 3 is 2.79 bits per heavy atom. The van der Waals surface area contributed by atoms with Crippen LogP contribution in [0.3, 0.4) is 0 Å². The molecule has 0 radical (unpaired) electrons. The average molecular weight is 377 g/mol. The molecule has 0 aliphatic heterocycles. The van der Waals surface area contributed by atoms with Crippen LogP contribution >= 0.6 is 0 Å². The molecule has 0 bridgehead atoms. The predicted molar refractivity (Wildman–Crippen MR) is 108 cm³/mol. The minimum absolute atomic E-state index is 0.0425. The van der Waals surface area contributed by atoms with Crippen LogP contribution in [0.15, 0.2) is 57.7 Å². The molecular weight excluding hydrogens is 358 g/mol. The van der Waals surface area contributed by atoms with E-state index in [-0.39, 0.29) is 6.42 Å². The fraction of sp³-hybridized carbons (Fsp3) is 0.190. The Morgan fingerprint density at radius 1 is 1.21 bits per heavy atom. The summed E-state index contributed by atoms with van der Waals surface area (Å²) in [5.41, 5.74) is 2.80. The maximum absolute atomic E-state index is 12.6. The molecule has 0 unspecified atom stereocenters. The van der Waals surface area contributed by atoms with Crippen molar-refractivity contribution in [3.63, 3.8) is 0 Å². The summed E-state index contributed by atoms with van der Waals surface area (Å²) in [6.07, 6.45) is 0.0425. The van der Waals surface area contributed by atoms with Gasteiger partial charge in [0.15, 0.2) is 0 Å². The predicted octanol–water partition coefficient (Wildman–Crippen LogP) is 3.64. The number of carboxylic acids is 1. The molecule has 7 nitrogen and oxygen atoms in total. The largest absolute Gasteiger partial charge is 0.481 e. The van der Waals surface area contributed by atoms with Gasteiger partial charge in [0.25, 0.3) is 0 Å². The molecule has 0 amide bonds. The van der Waals surface area contributed by atoms with Crippen LogP contribution in [0, 0.1) is 0 Å². The van der Waals surface area contributed by atoms with E-state index in [9.17, 15) is 9.59 Å². The van der Waals surface area contributed by atoms with Crippen LogP contribution in [-0.4, -0.2) is 34.1 Å². The van der Waals surface area contributed by atoms with Crippen molar-refractivity contribution in [2.75, 3.05) is 18.0 Å². The lowest BCUT2D eigenvalue weighted by atomic mass is 10.1. The Bertz CT molecular complexity index is 1190. The lowest BCUT2D eigenvalue weighted by molar-refractivity contribution is -0.136. The number of aromatic nitrogens is 2. The Kier molecular flexibility index (Phi) is 4.57. The van der Waals surface area contributed by atoms with Crippen molar-refractivity contribution < 1.29 is 14.3 Å². The van der Waals surface area contributed by atoms with Crippen molar-refractivity contribution in [2.45, 2.75) is 13.3 Å². The summed E-state index contributed by atoms with van der Waals surface area (Å²) in [5, 5.41) is 9.68. The third kappa shape index (κ3) is 3.34. The minimum Gasteiger partial charge on any atom is -0.481 e. The van der Waals surface area contributed by atoms with E-state index in [0.717, 1.165) is 22.1 Å². The Morgan fingerprint density at radius 2 is 2.04 bits per heavy atom. The van der Waals surface area contributed by atoms with E-state index in [0.29, 0.717) is 30.1 Å². The Hall–Kier alpha value is -3.61. The van der Waals surface area contributed by atoms with Gasteiger partial charge in [-0.25, -0.2) is 9.78 Å². The van der Waals surface area contributed by atoms with Crippen molar-refractivity contribution >= 4 is 33.7 Å². The summed E-state index contributed by atoms with van der Waals surface area (Å²) in [4.78, 5) is 33.0. The van der Waals surface area contributed by atoms with Crippen LogP contribution in [0.25, 0.3) is 33.4 Å². The number of nitrogens with zero attached hydrogens (tertiary/aromatic N) is 2. The van der Waals surface area contributed by atoms with E-state index in [1.54, 1.807) is 12.1 Å². The van der Waals surface area contributed by atoms with E-state index in [2.05, 4.69) is 9.97 Å². The van der Waals surface area contributed by atoms with Crippen LogP contribution in [0.5, 0.6) is 0 Å². The second kappa shape index (κ2) is 7.19. The number of para-hydroxylation sites is 2. The number of rotatable bonds is 6. The monoisotopic (exact) mass is 377 g/mol. The van der Waals surface area contributed by atoms with Gasteiger partial charge >= 0.3 is 11.6 Å². The van der Waals surface area contributed by atoms with Gasteiger partial charge in [0.1, 0.15) is 17.0 Å². The first-order chi connectivity index (χ1) is 13.5. The number of imidazole rings is 1. The van der Waals surface area contributed by atoms with Crippen molar-refractivity contribution in [3.8, 4) is 11.4 Å². The van der Waals surface area contributed by atoms with E-state index >= 15 is 0 Å². The molecule has 4 aromatic rings. The molecular formula is C21H19N3O4. The molecule has 0 aliphatic carbocycles. The van der Waals surface area contributed by atoms with Crippen molar-refractivity contribution in [2.24, 2.45) is 0 Å². The standard InChI is InChI=1S/C21H19N3O4/c1-2-24(10-9-19(25)26)14-8-7-13-11-15(21(27)28-18(13)12-14)20-22-16-5-3-4-6-17(16)23-20/h3-8,11-12H,2,9-10H2,1H3,(H,22,23)(H,25,26). The van der Waals surface area contributed by atoms with E-state index in [4.69, 9.17) is 9.52 Å². The van der Waals surface area contributed by atoms with E-state index in [1.807, 2.05) is 48.2 Å². The molecule has 7 heteroatoms. The second-order valence-corrected chi connectivity index (χ2v) is 6.50. The third-order valence-electron chi connectivity index (χ3n) is 4.71. The fourth-order valence-corrected chi connectivity index (χ4v) is 3.24. The Balaban J connectivity index is 1.73. The highest BCUT2D eigenvalue weighted by Crippen LogP contribution is 2.25. The number of H-pyrrole nitrogens is 1. The highest BCUT2D eigenvalue weighted by Gasteiger charge is 2.14. The SMILES string of the molecule is CCN(CCC(=O)O)c1ccc2cc(-c3nc4ccccc4[nH]3)c(=O)oc2c1. The van der Waals surface area contributed by atoms with Gasteiger partial charge in [0.2, 0.25) is 0 Å². The number of aliphatic carboxylic acids is 1. The maximum atomic E-state index is 12.6. The Labute approximate surface area is 160 Å². The van der Waals surface area contributed by atoms with Crippen LogP contribution in [0.2, 0.25) is 0 Å². The molecule has 0 saturated carbocycles. The first-order valence-electron chi connectivity index (χ1n) is 9.05. The fourth-order valence-electron chi connectivity index (χ4n) is 3.24. The number of carbonyl (C=O) groups is 1. The van der Waals surface area contributed by atoms with Crippen LogP contribution in [-0.2, 0) is 4.79 Å². The number of hydrogen-bond donors (Lipinski definition) is 2. The van der Waals surface area contributed by atoms with Crippen LogP contribution in [0.4, 0.5) is 5.69 Å². The topological polar surface area (TPSA) is 99.4 Å². The molecule has 0 fully saturated rings. The number of nitrogens with one attached hydrogen (secondary N) is 1. The number of hydrogen-bond acceptors (Lipinski definition) is 5. The number of anilines is 1. The van der Waals surface area contributed by atoms with E-state index < -0.39 is 11.6 Å². The summed E-state index contributed by atoms with van der Waals surface area (Å²) in [6, 6.07) is 14.9. The molecule has 28 heavy (non-hydrogen) atoms. The van der Waals surface area contributed by atoms with Gasteiger partial charge < -0.3 is 19.4 Å². The number of benzene rings is 2. The number of carboxylic acid groups (broad SMARTS) is 1. The second-order valence-electron chi connectivity index (χ2n) is 6.50. The summed E-state index contributed by atoms with van der Waals surface area (Å²) >= 11 is 0. The molecule has 142 valence electrons. The lowest BCUT2D eigenvalue weighted by Crippen LogP contribution is -2.25. The first kappa shape index (κ1) is 17.8. The van der Waals surface area contributed by atoms with Gasteiger partial charge in [-0.15, -0.1) is 0 Å². The molecule has 2 N–H and O–H groups in total. The molecule has 2 heterocycles. The molecule has 0 atom stereocenters. The normalized spacial score (nSPS) is 11.2. The van der Waals surface area contributed by atoms with E-state index in [1.165, 1.54) is 0 Å². The van der Waals surface area contributed by atoms with Crippen molar-refractivity contribution in [3.05, 3.63) is 59.0 Å². The highest BCUT2D eigenvalue weighted by atomic mass is 16.4. The van der Waals surface area contributed by atoms with Gasteiger partial charge in [-0.1, -0.05) is 12.1 Å². The smallest absolute Gasteiger partial charge is 0.347 e. The van der Waals surface area contributed by atoms with Gasteiger partial charge in [-0.2, -0.15) is 0 Å². The zero-order valence-electron chi connectivity index (χ0n) is 15.3. The summed E-state index contributed by atoms with van der Waals surface area (Å²) in [7, 11) is 0. The summed E-state index contributed by atoms with van der Waals surface area (Å²) in [5.74, 6) is -0.376. The molecule has 4 rings (SSSR count). The number of aromatic amines is 1. The van der Waals surface area contributed by atoms with Gasteiger partial charge in [-0.3, -0.25) is 4.79 Å². The highest BCUT2D eigenvalue weighted by molar-refractivity contribution is 5.85. The van der Waals surface area contributed by atoms with Gasteiger partial charge in [0.05, 0.1) is 17.5 Å². The molecule has 2 aromatic heterocycles. The average Bonchev–Trinajstić information content (AvgIpc) is 3.11. The van der Waals surface area contributed by atoms with Gasteiger partial charge in [-0.05, 0) is 37.3 Å². The quantitative estimate of drug-likeness (QED) is 0.498. The molecule has 0 saturated heterocycles. The van der Waals surface area contributed by atoms with Crippen LogP contribution in [0.1, 0.15) is 13.3 Å². The maximum Gasteiger partial charge on any atom is 0.347 e. The van der Waals surface area contributed by atoms with Crippen molar-refractivity contribution in [1.82, 2.24) is 9.97 Å². The zero-order chi connectivity index (χ0) is 19.7. The van der Waals surface area contributed by atoms with Crippen LogP contribution < -0.4 is 10.5 Å². The molecule has 0 aliphatic rings. The minimum atomic E-state index is -0.846. The first-order valence-corrected chi connectivity index (χ1v) is 9.05. The molecule has 2 aromatic carbocycles. The zero-order valence-corrected chi connectivity index (χ0v) is 15.3. The molecule has 0 spiro atoms. The third-order valence-corrected chi connectivity index (χ3v) is 4.71. The van der Waals surface area contributed by atoms with Crippen molar-refractivity contribution in [1.29, 1.82) is 0 Å². The summed E-state index contributed by atoms with van der Waals surface area (Å²) < 4.78 is 5.55. The van der Waals surface area contributed by atoms with Gasteiger partial charge in [0, 0.05) is 30.2 Å².